The average Bonchev–Trinajstić information content (AvgIpc) is 2.84. The van der Waals surface area contributed by atoms with Crippen molar-refractivity contribution in [3.8, 4) is 0 Å². The van der Waals surface area contributed by atoms with Gasteiger partial charge in [-0.05, 0) is 36.4 Å². The molecule has 0 aliphatic carbocycles. The second-order valence-electron chi connectivity index (χ2n) is 5.43. The summed E-state index contributed by atoms with van der Waals surface area (Å²) in [7, 11) is 0. The highest BCUT2D eigenvalue weighted by Crippen LogP contribution is 2.28. The van der Waals surface area contributed by atoms with Gasteiger partial charge in [0.15, 0.2) is 0 Å². The fraction of sp³-hybridized carbons (Fsp3) is 0.118. The molecule has 0 atom stereocenters. The van der Waals surface area contributed by atoms with Crippen LogP contribution in [0.2, 0.25) is 0 Å². The van der Waals surface area contributed by atoms with Gasteiger partial charge in [0.1, 0.15) is 6.67 Å². The molecular formula is C17H10BrF3N2O3. The van der Waals surface area contributed by atoms with Gasteiger partial charge in [-0.2, -0.15) is 13.2 Å². The molecule has 9 heteroatoms. The van der Waals surface area contributed by atoms with Crippen molar-refractivity contribution in [3.63, 3.8) is 0 Å². The van der Waals surface area contributed by atoms with E-state index in [0.29, 0.717) is 14.3 Å². The van der Waals surface area contributed by atoms with Crippen LogP contribution in [0.4, 0.5) is 18.9 Å². The van der Waals surface area contributed by atoms with E-state index >= 15 is 0 Å². The predicted molar refractivity (Wildman–Crippen MR) is 89.5 cm³/mol. The van der Waals surface area contributed by atoms with Gasteiger partial charge >= 0.3 is 12.1 Å². The summed E-state index contributed by atoms with van der Waals surface area (Å²) in [6, 6.07) is 11.4. The minimum absolute atomic E-state index is 0.0905. The number of carbonyl (C=O) groups excluding carboxylic acids is 3. The minimum atomic E-state index is -5.16. The zero-order valence-electron chi connectivity index (χ0n) is 13.0. The maximum Gasteiger partial charge on any atom is 0.471 e. The van der Waals surface area contributed by atoms with E-state index in [1.165, 1.54) is 36.4 Å². The van der Waals surface area contributed by atoms with Crippen molar-refractivity contribution in [1.29, 1.82) is 0 Å². The van der Waals surface area contributed by atoms with Crippen molar-refractivity contribution in [2.75, 3.05) is 11.6 Å². The first-order valence-electron chi connectivity index (χ1n) is 7.29. The molecule has 0 unspecified atom stereocenters. The lowest BCUT2D eigenvalue weighted by Gasteiger charge is -2.27. The molecule has 0 saturated carbocycles. The van der Waals surface area contributed by atoms with E-state index in [2.05, 4.69) is 15.9 Å². The van der Waals surface area contributed by atoms with Crippen LogP contribution in [0, 0.1) is 0 Å². The molecule has 0 radical (unpaired) electrons. The van der Waals surface area contributed by atoms with Crippen LogP contribution in [-0.2, 0) is 4.79 Å². The van der Waals surface area contributed by atoms with Crippen molar-refractivity contribution in [2.45, 2.75) is 6.18 Å². The van der Waals surface area contributed by atoms with Crippen LogP contribution in [0.3, 0.4) is 0 Å². The summed E-state index contributed by atoms with van der Waals surface area (Å²) >= 11 is 3.15. The molecule has 0 N–H and O–H groups in total. The number of hydrogen-bond donors (Lipinski definition) is 0. The monoisotopic (exact) mass is 426 g/mol. The Labute approximate surface area is 154 Å². The summed E-state index contributed by atoms with van der Waals surface area (Å²) in [6.45, 7) is -0.841. The highest BCUT2D eigenvalue weighted by atomic mass is 79.9. The summed E-state index contributed by atoms with van der Waals surface area (Å²) in [4.78, 5) is 37.6. The Morgan fingerprint density at radius 1 is 0.962 bits per heavy atom. The molecule has 1 heterocycles. The van der Waals surface area contributed by atoms with Crippen LogP contribution < -0.4 is 4.90 Å². The Balaban J connectivity index is 1.97. The van der Waals surface area contributed by atoms with E-state index in [1.54, 1.807) is 12.1 Å². The summed E-state index contributed by atoms with van der Waals surface area (Å²) in [5, 5.41) is 0. The number of alkyl halides is 3. The fourth-order valence-corrected chi connectivity index (χ4v) is 2.81. The van der Waals surface area contributed by atoms with E-state index in [9.17, 15) is 27.6 Å². The SMILES string of the molecule is O=C1c2ccccc2C(=O)N1CN(C(=O)C(F)(F)F)c1ccc(Br)cc1. The van der Waals surface area contributed by atoms with E-state index in [0.717, 1.165) is 0 Å². The first-order valence-corrected chi connectivity index (χ1v) is 8.09. The Kier molecular flexibility index (Phi) is 4.57. The van der Waals surface area contributed by atoms with E-state index in [1.807, 2.05) is 0 Å². The van der Waals surface area contributed by atoms with Crippen molar-refractivity contribution in [1.82, 2.24) is 4.90 Å². The number of nitrogens with zero attached hydrogens (tertiary/aromatic N) is 2. The van der Waals surface area contributed by atoms with Gasteiger partial charge < -0.3 is 0 Å². The van der Waals surface area contributed by atoms with Gasteiger partial charge in [-0.1, -0.05) is 28.1 Å². The molecule has 2 aromatic carbocycles. The van der Waals surface area contributed by atoms with Crippen molar-refractivity contribution < 1.29 is 27.6 Å². The first kappa shape index (κ1) is 18.1. The summed E-state index contributed by atoms with van der Waals surface area (Å²) in [6.07, 6.45) is -5.16. The molecule has 0 aromatic heterocycles. The van der Waals surface area contributed by atoms with Crippen LogP contribution in [0.5, 0.6) is 0 Å². The quantitative estimate of drug-likeness (QED) is 0.704. The molecule has 26 heavy (non-hydrogen) atoms. The highest BCUT2D eigenvalue weighted by Gasteiger charge is 2.45. The Bertz CT molecular complexity index is 862. The number of imide groups is 1. The standard InChI is InChI=1S/C17H10BrF3N2O3/c18-10-5-7-11(8-6-10)22(16(26)17(19,20)21)9-23-14(24)12-3-1-2-4-13(12)15(23)25/h1-8H,9H2. The normalized spacial score (nSPS) is 13.8. The number of anilines is 1. The molecule has 1 aliphatic heterocycles. The second-order valence-corrected chi connectivity index (χ2v) is 6.35. The summed E-state index contributed by atoms with van der Waals surface area (Å²) < 4.78 is 39.6. The molecule has 3 amide bonds. The summed E-state index contributed by atoms with van der Waals surface area (Å²) in [5.74, 6) is -3.67. The maximum atomic E-state index is 13.0. The number of halogens is 4. The molecule has 0 bridgehead atoms. The van der Waals surface area contributed by atoms with Crippen LogP contribution in [0.1, 0.15) is 20.7 Å². The average molecular weight is 427 g/mol. The third kappa shape index (κ3) is 3.22. The molecule has 1 aliphatic rings. The van der Waals surface area contributed by atoms with E-state index in [-0.39, 0.29) is 16.8 Å². The lowest BCUT2D eigenvalue weighted by Crippen LogP contribution is -2.49. The highest BCUT2D eigenvalue weighted by molar-refractivity contribution is 9.10. The molecule has 0 saturated heterocycles. The number of rotatable bonds is 3. The van der Waals surface area contributed by atoms with Gasteiger partial charge in [-0.25, -0.2) is 0 Å². The largest absolute Gasteiger partial charge is 0.471 e. The number of benzene rings is 2. The molecule has 0 spiro atoms. The molecule has 5 nitrogen and oxygen atoms in total. The number of carbonyl (C=O) groups is 3. The Hall–Kier alpha value is -2.68. The Morgan fingerprint density at radius 3 is 1.92 bits per heavy atom. The molecule has 134 valence electrons. The van der Waals surface area contributed by atoms with E-state index < -0.39 is 30.6 Å². The first-order chi connectivity index (χ1) is 12.2. The lowest BCUT2D eigenvalue weighted by atomic mass is 10.1. The van der Waals surface area contributed by atoms with Crippen LogP contribution in [0.25, 0.3) is 0 Å². The van der Waals surface area contributed by atoms with Crippen molar-refractivity contribution >= 4 is 39.3 Å². The molecule has 2 aromatic rings. The number of fused-ring (bicyclic) bond motifs is 1. The third-order valence-corrected chi connectivity index (χ3v) is 4.32. The van der Waals surface area contributed by atoms with Gasteiger partial charge in [0, 0.05) is 10.2 Å². The topological polar surface area (TPSA) is 57.7 Å². The van der Waals surface area contributed by atoms with Gasteiger partial charge in [0.2, 0.25) is 0 Å². The molecular weight excluding hydrogens is 417 g/mol. The third-order valence-electron chi connectivity index (χ3n) is 3.79. The molecule has 3 rings (SSSR count). The second kappa shape index (κ2) is 6.56. The molecule has 0 fully saturated rings. The van der Waals surface area contributed by atoms with Gasteiger partial charge in [0.25, 0.3) is 11.8 Å². The zero-order valence-corrected chi connectivity index (χ0v) is 14.5. The predicted octanol–water partition coefficient (Wildman–Crippen LogP) is 3.60. The smallest absolute Gasteiger partial charge is 0.286 e. The van der Waals surface area contributed by atoms with Gasteiger partial charge in [-0.3, -0.25) is 24.2 Å². The van der Waals surface area contributed by atoms with Gasteiger partial charge in [-0.15, -0.1) is 0 Å². The van der Waals surface area contributed by atoms with Crippen LogP contribution in [-0.4, -0.2) is 35.5 Å². The van der Waals surface area contributed by atoms with Gasteiger partial charge in [0.05, 0.1) is 11.1 Å². The lowest BCUT2D eigenvalue weighted by molar-refractivity contribution is -0.170. The van der Waals surface area contributed by atoms with Crippen LogP contribution in [0.15, 0.2) is 53.0 Å². The van der Waals surface area contributed by atoms with Crippen molar-refractivity contribution in [2.24, 2.45) is 0 Å². The zero-order chi connectivity index (χ0) is 19.1. The number of hydrogen-bond acceptors (Lipinski definition) is 3. The Morgan fingerprint density at radius 2 is 1.46 bits per heavy atom. The van der Waals surface area contributed by atoms with Crippen LogP contribution >= 0.6 is 15.9 Å². The summed E-state index contributed by atoms with van der Waals surface area (Å²) in [5.41, 5.74) is 0.0903. The number of amides is 3. The minimum Gasteiger partial charge on any atom is -0.286 e. The fourth-order valence-electron chi connectivity index (χ4n) is 2.55. The maximum absolute atomic E-state index is 13.0. The van der Waals surface area contributed by atoms with Crippen molar-refractivity contribution in [3.05, 3.63) is 64.1 Å². The van der Waals surface area contributed by atoms with E-state index in [4.69, 9.17) is 0 Å².